The predicted octanol–water partition coefficient (Wildman–Crippen LogP) is 3.15. The van der Waals surface area contributed by atoms with Crippen LogP contribution in [0.2, 0.25) is 0 Å². The van der Waals surface area contributed by atoms with Gasteiger partial charge < -0.3 is 15.0 Å². The molecule has 0 radical (unpaired) electrons. The number of hydrogen-bond donors (Lipinski definition) is 2. The molecule has 6 heteroatoms. The first-order valence-corrected chi connectivity index (χ1v) is 7.09. The molecule has 0 unspecified atom stereocenters. The molecule has 2 N–H and O–H groups in total. The molecule has 0 bridgehead atoms. The fourth-order valence-corrected chi connectivity index (χ4v) is 2.69. The molecule has 3 rings (SSSR count). The van der Waals surface area contributed by atoms with E-state index in [4.69, 9.17) is 4.74 Å². The van der Waals surface area contributed by atoms with Crippen LogP contribution in [-0.4, -0.2) is 22.1 Å². The summed E-state index contributed by atoms with van der Waals surface area (Å²) in [5, 5.41) is 7.55. The van der Waals surface area contributed by atoms with Crippen LogP contribution in [0.15, 0.2) is 41.6 Å². The van der Waals surface area contributed by atoms with E-state index in [0.717, 1.165) is 28.4 Å². The van der Waals surface area contributed by atoms with Crippen LogP contribution in [0.4, 0.5) is 5.69 Å². The molecule has 0 atom stereocenters. The maximum Gasteiger partial charge on any atom is 0.122 e. The molecule has 3 aromatic rings. The van der Waals surface area contributed by atoms with Gasteiger partial charge in [0, 0.05) is 34.8 Å². The second kappa shape index (κ2) is 5.75. The number of nitrogens with zero attached hydrogens (tertiary/aromatic N) is 2. The Hall–Kier alpha value is -2.34. The molecule has 0 aromatic carbocycles. The number of methoxy groups -OCH3 is 1. The van der Waals surface area contributed by atoms with Gasteiger partial charge in [-0.3, -0.25) is 4.98 Å². The van der Waals surface area contributed by atoms with Crippen molar-refractivity contribution >= 4 is 17.0 Å². The number of aromatic amines is 1. The number of hydrogen-bond acceptors (Lipinski definition) is 5. The van der Waals surface area contributed by atoms with Crippen molar-refractivity contribution in [2.24, 2.45) is 0 Å². The number of rotatable bonds is 5. The van der Waals surface area contributed by atoms with Crippen LogP contribution in [0, 0.1) is 0 Å². The van der Waals surface area contributed by atoms with Crippen LogP contribution < -0.4 is 10.1 Å². The molecular weight excluding hydrogens is 272 g/mol. The van der Waals surface area contributed by atoms with Crippen LogP contribution in [0.1, 0.15) is 5.69 Å². The van der Waals surface area contributed by atoms with Gasteiger partial charge in [-0.05, 0) is 6.07 Å². The zero-order chi connectivity index (χ0) is 13.8. The summed E-state index contributed by atoms with van der Waals surface area (Å²) >= 11 is 1.64. The minimum Gasteiger partial charge on any atom is -0.497 e. The van der Waals surface area contributed by atoms with Crippen molar-refractivity contribution in [2.75, 3.05) is 12.4 Å². The SMILES string of the molecule is COc1ccnc(-c2cscc2NCc2cnc[nH]2)c1. The van der Waals surface area contributed by atoms with Crippen LogP contribution in [0.3, 0.4) is 0 Å². The first-order valence-electron chi connectivity index (χ1n) is 6.14. The summed E-state index contributed by atoms with van der Waals surface area (Å²) < 4.78 is 5.24. The van der Waals surface area contributed by atoms with Crippen LogP contribution in [-0.2, 0) is 6.54 Å². The van der Waals surface area contributed by atoms with Gasteiger partial charge in [-0.15, -0.1) is 11.3 Å². The Morgan fingerprint density at radius 1 is 1.40 bits per heavy atom. The lowest BCUT2D eigenvalue weighted by molar-refractivity contribution is 0.414. The van der Waals surface area contributed by atoms with Crippen LogP contribution in [0.5, 0.6) is 5.75 Å². The van der Waals surface area contributed by atoms with Gasteiger partial charge >= 0.3 is 0 Å². The third-order valence-electron chi connectivity index (χ3n) is 2.93. The average Bonchev–Trinajstić information content (AvgIpc) is 3.16. The molecule has 20 heavy (non-hydrogen) atoms. The number of thiophene rings is 1. The largest absolute Gasteiger partial charge is 0.497 e. The molecule has 0 aliphatic heterocycles. The van der Waals surface area contributed by atoms with Gasteiger partial charge in [-0.25, -0.2) is 4.98 Å². The molecule has 0 saturated carbocycles. The van der Waals surface area contributed by atoms with Crippen molar-refractivity contribution in [3.05, 3.63) is 47.3 Å². The molecule has 0 amide bonds. The summed E-state index contributed by atoms with van der Waals surface area (Å²) in [5.41, 5.74) is 4.08. The Bertz CT molecular complexity index is 678. The van der Waals surface area contributed by atoms with Crippen molar-refractivity contribution in [2.45, 2.75) is 6.54 Å². The van der Waals surface area contributed by atoms with E-state index in [0.29, 0.717) is 6.54 Å². The topological polar surface area (TPSA) is 62.8 Å². The zero-order valence-corrected chi connectivity index (χ0v) is 11.8. The van der Waals surface area contributed by atoms with Gasteiger partial charge in [0.05, 0.1) is 37.1 Å². The molecule has 0 aliphatic carbocycles. The fourth-order valence-electron chi connectivity index (χ4n) is 1.89. The Balaban J connectivity index is 1.82. The van der Waals surface area contributed by atoms with Gasteiger partial charge in [-0.1, -0.05) is 0 Å². The minimum absolute atomic E-state index is 0.702. The highest BCUT2D eigenvalue weighted by Gasteiger charge is 2.08. The van der Waals surface area contributed by atoms with E-state index in [2.05, 4.69) is 31.0 Å². The second-order valence-corrected chi connectivity index (χ2v) is 4.95. The third-order valence-corrected chi connectivity index (χ3v) is 3.67. The predicted molar refractivity (Wildman–Crippen MR) is 80.0 cm³/mol. The first kappa shape index (κ1) is 12.7. The highest BCUT2D eigenvalue weighted by molar-refractivity contribution is 7.08. The number of anilines is 1. The monoisotopic (exact) mass is 286 g/mol. The summed E-state index contributed by atoms with van der Waals surface area (Å²) in [7, 11) is 1.66. The smallest absolute Gasteiger partial charge is 0.122 e. The molecule has 3 heterocycles. The number of ether oxygens (including phenoxy) is 1. The van der Waals surface area contributed by atoms with Crippen molar-refractivity contribution < 1.29 is 4.74 Å². The molecule has 3 aromatic heterocycles. The number of pyridine rings is 1. The first-order chi connectivity index (χ1) is 9.86. The highest BCUT2D eigenvalue weighted by atomic mass is 32.1. The van der Waals surface area contributed by atoms with Gasteiger partial charge in [0.25, 0.3) is 0 Å². The molecule has 0 saturated heterocycles. The molecular formula is C14H14N4OS. The van der Waals surface area contributed by atoms with Crippen LogP contribution >= 0.6 is 11.3 Å². The lowest BCUT2D eigenvalue weighted by Gasteiger charge is -2.07. The van der Waals surface area contributed by atoms with Gasteiger partial charge in [0.2, 0.25) is 0 Å². The summed E-state index contributed by atoms with van der Waals surface area (Å²) in [6.07, 6.45) is 5.24. The molecule has 102 valence electrons. The summed E-state index contributed by atoms with van der Waals surface area (Å²) in [5.74, 6) is 0.806. The Kier molecular flexibility index (Phi) is 3.64. The third kappa shape index (κ3) is 2.65. The maximum atomic E-state index is 5.24. The lowest BCUT2D eigenvalue weighted by Crippen LogP contribution is -2.00. The van der Waals surface area contributed by atoms with E-state index in [1.807, 2.05) is 18.3 Å². The standard InChI is InChI=1S/C14H14N4OS/c1-19-11-2-3-16-13(4-11)12-7-20-8-14(12)17-6-10-5-15-9-18-10/h2-5,7-9,17H,6H2,1H3,(H,15,18). The van der Waals surface area contributed by atoms with E-state index in [-0.39, 0.29) is 0 Å². The number of aromatic nitrogens is 3. The number of H-pyrrole nitrogens is 1. The highest BCUT2D eigenvalue weighted by Crippen LogP contribution is 2.32. The normalized spacial score (nSPS) is 10.4. The molecule has 0 fully saturated rings. The summed E-state index contributed by atoms with van der Waals surface area (Å²) in [4.78, 5) is 11.5. The molecule has 5 nitrogen and oxygen atoms in total. The number of nitrogens with one attached hydrogen (secondary N) is 2. The minimum atomic E-state index is 0.702. The zero-order valence-electron chi connectivity index (χ0n) is 11.0. The average molecular weight is 286 g/mol. The molecule has 0 spiro atoms. The van der Waals surface area contributed by atoms with Crippen molar-refractivity contribution in [3.63, 3.8) is 0 Å². The molecule has 0 aliphatic rings. The van der Waals surface area contributed by atoms with E-state index in [1.165, 1.54) is 0 Å². The van der Waals surface area contributed by atoms with Crippen molar-refractivity contribution in [1.29, 1.82) is 0 Å². The van der Waals surface area contributed by atoms with E-state index in [1.54, 1.807) is 31.0 Å². The van der Waals surface area contributed by atoms with Gasteiger partial charge in [0.15, 0.2) is 0 Å². The van der Waals surface area contributed by atoms with E-state index < -0.39 is 0 Å². The van der Waals surface area contributed by atoms with Gasteiger partial charge in [0.1, 0.15) is 5.75 Å². The second-order valence-electron chi connectivity index (χ2n) is 4.21. The summed E-state index contributed by atoms with van der Waals surface area (Å²) in [6, 6.07) is 3.77. The summed E-state index contributed by atoms with van der Waals surface area (Å²) in [6.45, 7) is 0.702. The Morgan fingerprint density at radius 2 is 2.35 bits per heavy atom. The van der Waals surface area contributed by atoms with Crippen molar-refractivity contribution in [3.8, 4) is 17.0 Å². The number of imidazole rings is 1. The van der Waals surface area contributed by atoms with Gasteiger partial charge in [-0.2, -0.15) is 0 Å². The van der Waals surface area contributed by atoms with Crippen molar-refractivity contribution in [1.82, 2.24) is 15.0 Å². The quantitative estimate of drug-likeness (QED) is 0.756. The van der Waals surface area contributed by atoms with E-state index in [9.17, 15) is 0 Å². The maximum absolute atomic E-state index is 5.24. The van der Waals surface area contributed by atoms with E-state index >= 15 is 0 Å². The lowest BCUT2D eigenvalue weighted by atomic mass is 10.2. The Morgan fingerprint density at radius 3 is 3.15 bits per heavy atom. The fraction of sp³-hybridized carbons (Fsp3) is 0.143. The Labute approximate surface area is 120 Å². The van der Waals surface area contributed by atoms with Crippen LogP contribution in [0.25, 0.3) is 11.3 Å².